The van der Waals surface area contributed by atoms with Crippen LogP contribution in [-0.2, 0) is 4.79 Å². The number of aryl methyl sites for hydroxylation is 1. The largest absolute Gasteiger partial charge is 0.493 e. The highest BCUT2D eigenvalue weighted by atomic mass is 32.1. The van der Waals surface area contributed by atoms with Crippen molar-refractivity contribution in [2.45, 2.75) is 6.92 Å². The van der Waals surface area contributed by atoms with Crippen molar-refractivity contribution in [1.29, 1.82) is 0 Å². The van der Waals surface area contributed by atoms with Gasteiger partial charge in [0.25, 0.3) is 0 Å². The standard InChI is InChI=1S/C13H12NO3S/c1-8-12(7-15)18-13(14-8)9-4-5-10(16-2)11(6-9)17-3/h4-6H,1-3H3. The summed E-state index contributed by atoms with van der Waals surface area (Å²) in [6.07, 6.45) is 1.89. The number of carbonyl (C=O) groups excluding carboxylic acids is 1. The number of thiazole rings is 1. The summed E-state index contributed by atoms with van der Waals surface area (Å²) < 4.78 is 10.4. The van der Waals surface area contributed by atoms with Gasteiger partial charge < -0.3 is 9.47 Å². The molecule has 0 unspecified atom stereocenters. The molecular weight excluding hydrogens is 250 g/mol. The minimum atomic E-state index is 0.528. The van der Waals surface area contributed by atoms with E-state index in [9.17, 15) is 4.79 Å². The molecule has 0 bridgehead atoms. The first kappa shape index (κ1) is 12.6. The van der Waals surface area contributed by atoms with Crippen LogP contribution in [0.3, 0.4) is 0 Å². The van der Waals surface area contributed by atoms with Crippen LogP contribution in [0.1, 0.15) is 10.6 Å². The number of nitrogens with zero attached hydrogens (tertiary/aromatic N) is 1. The van der Waals surface area contributed by atoms with Gasteiger partial charge in [0.1, 0.15) is 9.88 Å². The zero-order valence-corrected chi connectivity index (χ0v) is 11.1. The minimum absolute atomic E-state index is 0.528. The van der Waals surface area contributed by atoms with Gasteiger partial charge in [-0.15, -0.1) is 11.3 Å². The Labute approximate surface area is 109 Å². The van der Waals surface area contributed by atoms with E-state index in [2.05, 4.69) is 4.98 Å². The Kier molecular flexibility index (Phi) is 3.62. The van der Waals surface area contributed by atoms with Crippen molar-refractivity contribution in [3.63, 3.8) is 0 Å². The van der Waals surface area contributed by atoms with E-state index in [0.29, 0.717) is 22.1 Å². The topological polar surface area (TPSA) is 48.4 Å². The Hall–Kier alpha value is -1.88. The van der Waals surface area contributed by atoms with Crippen molar-refractivity contribution in [3.05, 3.63) is 28.8 Å². The summed E-state index contributed by atoms with van der Waals surface area (Å²) in [6.45, 7) is 1.79. The molecule has 0 atom stereocenters. The first-order valence-electron chi connectivity index (χ1n) is 5.27. The van der Waals surface area contributed by atoms with Crippen molar-refractivity contribution in [1.82, 2.24) is 4.98 Å². The van der Waals surface area contributed by atoms with Crippen LogP contribution >= 0.6 is 11.3 Å². The molecule has 0 aliphatic heterocycles. The molecular formula is C13H12NO3S. The van der Waals surface area contributed by atoms with E-state index in [4.69, 9.17) is 9.47 Å². The van der Waals surface area contributed by atoms with Crippen LogP contribution < -0.4 is 9.47 Å². The predicted molar refractivity (Wildman–Crippen MR) is 70.2 cm³/mol. The quantitative estimate of drug-likeness (QED) is 0.849. The van der Waals surface area contributed by atoms with E-state index < -0.39 is 0 Å². The molecule has 2 aromatic rings. The second-order valence-corrected chi connectivity index (χ2v) is 4.60. The van der Waals surface area contributed by atoms with Gasteiger partial charge in [-0.2, -0.15) is 0 Å². The molecule has 0 aliphatic rings. The summed E-state index contributed by atoms with van der Waals surface area (Å²) in [5.74, 6) is 1.30. The van der Waals surface area contributed by atoms with Gasteiger partial charge in [-0.05, 0) is 25.1 Å². The van der Waals surface area contributed by atoms with Gasteiger partial charge >= 0.3 is 0 Å². The van der Waals surface area contributed by atoms with Crippen LogP contribution in [0.4, 0.5) is 0 Å². The lowest BCUT2D eigenvalue weighted by Gasteiger charge is -2.08. The monoisotopic (exact) mass is 262 g/mol. The number of benzene rings is 1. The third kappa shape index (κ3) is 2.22. The zero-order chi connectivity index (χ0) is 13.1. The lowest BCUT2D eigenvalue weighted by molar-refractivity contribution is 0.355. The maximum absolute atomic E-state index is 10.7. The smallest absolute Gasteiger partial charge is 0.246 e. The molecule has 1 heterocycles. The van der Waals surface area contributed by atoms with Crippen molar-refractivity contribution in [2.24, 2.45) is 0 Å². The molecule has 5 heteroatoms. The first-order valence-corrected chi connectivity index (χ1v) is 6.09. The van der Waals surface area contributed by atoms with Crippen LogP contribution in [0.2, 0.25) is 0 Å². The molecule has 1 radical (unpaired) electrons. The number of rotatable bonds is 4. The summed E-state index contributed by atoms with van der Waals surface area (Å²) in [5.41, 5.74) is 1.59. The van der Waals surface area contributed by atoms with Crippen LogP contribution in [0.15, 0.2) is 18.2 Å². The molecule has 0 saturated carbocycles. The third-order valence-electron chi connectivity index (χ3n) is 2.52. The normalized spacial score (nSPS) is 10.2. The number of hydrogen-bond acceptors (Lipinski definition) is 5. The third-order valence-corrected chi connectivity index (χ3v) is 3.62. The molecule has 0 saturated heterocycles. The molecule has 1 aromatic heterocycles. The summed E-state index contributed by atoms with van der Waals surface area (Å²) in [7, 11) is 3.17. The van der Waals surface area contributed by atoms with E-state index in [-0.39, 0.29) is 0 Å². The zero-order valence-electron chi connectivity index (χ0n) is 10.3. The van der Waals surface area contributed by atoms with Crippen LogP contribution in [-0.4, -0.2) is 25.5 Å². The van der Waals surface area contributed by atoms with Crippen molar-refractivity contribution in [2.75, 3.05) is 14.2 Å². The Bertz CT molecular complexity index is 578. The van der Waals surface area contributed by atoms with E-state index in [1.165, 1.54) is 11.3 Å². The summed E-state index contributed by atoms with van der Waals surface area (Å²) in [4.78, 5) is 15.6. The molecule has 4 nitrogen and oxygen atoms in total. The fourth-order valence-electron chi connectivity index (χ4n) is 1.58. The molecule has 0 amide bonds. The Morgan fingerprint density at radius 3 is 2.50 bits per heavy atom. The Morgan fingerprint density at radius 1 is 1.22 bits per heavy atom. The van der Waals surface area contributed by atoms with Gasteiger partial charge in [0.05, 0.1) is 19.9 Å². The van der Waals surface area contributed by atoms with Gasteiger partial charge in [0.15, 0.2) is 11.5 Å². The average molecular weight is 262 g/mol. The Morgan fingerprint density at radius 2 is 1.94 bits per heavy atom. The van der Waals surface area contributed by atoms with Gasteiger partial charge in [-0.3, -0.25) is 4.79 Å². The highest BCUT2D eigenvalue weighted by molar-refractivity contribution is 7.16. The fraction of sp³-hybridized carbons (Fsp3) is 0.231. The van der Waals surface area contributed by atoms with Crippen molar-refractivity contribution >= 4 is 17.6 Å². The van der Waals surface area contributed by atoms with Gasteiger partial charge in [-0.25, -0.2) is 4.98 Å². The van der Waals surface area contributed by atoms with Crippen LogP contribution in [0.25, 0.3) is 10.6 Å². The molecule has 0 aliphatic carbocycles. The number of hydrogen-bond donors (Lipinski definition) is 0. The average Bonchev–Trinajstić information content (AvgIpc) is 2.79. The lowest BCUT2D eigenvalue weighted by atomic mass is 10.2. The summed E-state index contributed by atoms with van der Waals surface area (Å²) in [5, 5.41) is 0.770. The van der Waals surface area contributed by atoms with E-state index >= 15 is 0 Å². The van der Waals surface area contributed by atoms with Crippen LogP contribution in [0.5, 0.6) is 11.5 Å². The maximum atomic E-state index is 10.7. The van der Waals surface area contributed by atoms with Gasteiger partial charge in [0, 0.05) is 5.56 Å². The summed E-state index contributed by atoms with van der Waals surface area (Å²) in [6, 6.07) is 5.54. The van der Waals surface area contributed by atoms with Gasteiger partial charge in [0.2, 0.25) is 6.29 Å². The van der Waals surface area contributed by atoms with Crippen LogP contribution in [0, 0.1) is 6.92 Å². The molecule has 2 rings (SSSR count). The van der Waals surface area contributed by atoms with E-state index in [0.717, 1.165) is 10.6 Å². The molecule has 18 heavy (non-hydrogen) atoms. The number of methoxy groups -OCH3 is 2. The minimum Gasteiger partial charge on any atom is -0.493 e. The van der Waals surface area contributed by atoms with Crippen molar-refractivity contribution < 1.29 is 14.3 Å². The highest BCUT2D eigenvalue weighted by Crippen LogP contribution is 2.34. The molecule has 0 N–H and O–H groups in total. The lowest BCUT2D eigenvalue weighted by Crippen LogP contribution is -1.90. The fourth-order valence-corrected chi connectivity index (χ4v) is 2.44. The first-order chi connectivity index (χ1) is 8.69. The SMILES string of the molecule is COc1ccc(-c2nc(C)c([C]=O)s2)cc1OC. The number of aromatic nitrogens is 1. The molecule has 0 spiro atoms. The van der Waals surface area contributed by atoms with E-state index in [1.807, 2.05) is 24.5 Å². The molecule has 0 fully saturated rings. The second-order valence-electron chi connectivity index (χ2n) is 3.61. The highest BCUT2D eigenvalue weighted by Gasteiger charge is 2.12. The van der Waals surface area contributed by atoms with Crippen molar-refractivity contribution in [3.8, 4) is 22.1 Å². The summed E-state index contributed by atoms with van der Waals surface area (Å²) >= 11 is 1.31. The van der Waals surface area contributed by atoms with E-state index in [1.54, 1.807) is 21.1 Å². The molecule has 93 valence electrons. The molecule has 1 aromatic carbocycles. The maximum Gasteiger partial charge on any atom is 0.246 e. The predicted octanol–water partition coefficient (Wildman–Crippen LogP) is 2.59. The number of ether oxygens (including phenoxy) is 2. The Balaban J connectivity index is 2.47. The second kappa shape index (κ2) is 5.18. The van der Waals surface area contributed by atoms with Gasteiger partial charge in [-0.1, -0.05) is 0 Å².